The minimum Gasteiger partial charge on any atom is -0.550 e. The van der Waals surface area contributed by atoms with E-state index in [4.69, 9.17) is 20.1 Å². The van der Waals surface area contributed by atoms with Crippen molar-refractivity contribution in [3.63, 3.8) is 0 Å². The number of ketones is 1. The fraction of sp³-hybridized carbons (Fsp3) is 0.737. The van der Waals surface area contributed by atoms with Crippen LogP contribution < -0.4 is 5.11 Å². The van der Waals surface area contributed by atoms with Crippen LogP contribution in [0.5, 0.6) is 0 Å². The molecule has 28 heavy (non-hydrogen) atoms. The van der Waals surface area contributed by atoms with Crippen molar-refractivity contribution in [2.75, 3.05) is 6.61 Å². The third kappa shape index (κ3) is 73.5. The molecule has 0 fully saturated rings. The Morgan fingerprint density at radius 1 is 0.929 bits per heavy atom. The van der Waals surface area contributed by atoms with Crippen LogP contribution in [0.25, 0.3) is 0 Å². The minimum atomic E-state index is -1.39. The molecule has 0 amide bonds. The van der Waals surface area contributed by atoms with E-state index in [0.29, 0.717) is 6.42 Å². The number of carbonyl (C=O) groups excluding carboxylic acids is 3. The van der Waals surface area contributed by atoms with Gasteiger partial charge < -0.3 is 30.0 Å². The van der Waals surface area contributed by atoms with Gasteiger partial charge in [0.1, 0.15) is 5.78 Å². The van der Waals surface area contributed by atoms with Crippen LogP contribution in [0, 0.1) is 0 Å². The first-order valence-electron chi connectivity index (χ1n) is 8.71. The number of esters is 1. The zero-order valence-corrected chi connectivity index (χ0v) is 19.7. The van der Waals surface area contributed by atoms with E-state index in [-0.39, 0.29) is 58.6 Å². The molecule has 0 aromatic carbocycles. The molecule has 0 heterocycles. The van der Waals surface area contributed by atoms with Crippen LogP contribution in [-0.2, 0) is 40.8 Å². The third-order valence-electron chi connectivity index (χ3n) is 1.52. The summed E-state index contributed by atoms with van der Waals surface area (Å²) in [5, 5.41) is 34.2. The molecular weight excluding hydrogens is 404 g/mol. The van der Waals surface area contributed by atoms with Crippen molar-refractivity contribution in [1.82, 2.24) is 0 Å². The van der Waals surface area contributed by atoms with E-state index in [0.717, 1.165) is 0 Å². The largest absolute Gasteiger partial charge is 1.00 e. The molecule has 9 heteroatoms. The molecule has 0 bridgehead atoms. The molecule has 0 saturated heterocycles. The summed E-state index contributed by atoms with van der Waals surface area (Å²) in [7, 11) is 0. The third-order valence-corrected chi connectivity index (χ3v) is 1.52. The first-order valence-corrected chi connectivity index (χ1v) is 8.71. The number of carboxylic acid groups (broad SMARTS) is 1. The van der Waals surface area contributed by atoms with Gasteiger partial charge in [-0.2, -0.15) is 0 Å². The van der Waals surface area contributed by atoms with Crippen molar-refractivity contribution in [3.8, 4) is 0 Å². The molecule has 0 aromatic heterocycles. The quantitative estimate of drug-likeness (QED) is 0.173. The fourth-order valence-corrected chi connectivity index (χ4v) is 0.807. The smallest absolute Gasteiger partial charge is 0.550 e. The van der Waals surface area contributed by atoms with Gasteiger partial charge in [0, 0.05) is 42.7 Å². The van der Waals surface area contributed by atoms with E-state index >= 15 is 0 Å². The standard InChI is InChI=1S/C10H14O5.3C3H8O.Ti/c1-7(2)10(14)15-5-3-4-8(11)6-9(12)13;3*1-3(2)4;/h1,3-6H2,2H3,(H,12,13);3*3-4H,1-2H3;/q;;;;+1/p-1. The fourth-order valence-electron chi connectivity index (χ4n) is 0.807. The normalized spacial score (nSPS) is 8.89. The number of hydrogen-bond acceptors (Lipinski definition) is 8. The maximum atomic E-state index is 10.9. The Kier molecular flexibility index (Phi) is 34.9. The van der Waals surface area contributed by atoms with Crippen LogP contribution in [0.4, 0.5) is 0 Å². The number of aliphatic carboxylic acids is 1. The summed E-state index contributed by atoms with van der Waals surface area (Å²) in [6.07, 6.45) is -0.711. The zero-order valence-electron chi connectivity index (χ0n) is 18.2. The average molecular weight is 441 g/mol. The topological polar surface area (TPSA) is 144 Å². The Hall–Kier alpha value is -1.06. The maximum absolute atomic E-state index is 10.9. The van der Waals surface area contributed by atoms with Gasteiger partial charge in [-0.05, 0) is 54.9 Å². The second kappa shape index (κ2) is 25.9. The summed E-state index contributed by atoms with van der Waals surface area (Å²) in [5.41, 5.74) is 0.288. The van der Waals surface area contributed by atoms with E-state index < -0.39 is 24.1 Å². The Bertz CT molecular complexity index is 384. The van der Waals surface area contributed by atoms with Gasteiger partial charge in [-0.1, -0.05) is 6.58 Å². The SMILES string of the molecule is C=C(C)C(=O)OCCCC(=O)CC(=O)[O-].CC(C)O.CC(C)O.CC(C)O.[Ti+]. The molecule has 0 aromatic rings. The number of carbonyl (C=O) groups is 3. The summed E-state index contributed by atoms with van der Waals surface area (Å²) in [6.45, 7) is 15.3. The molecule has 0 aliphatic carbocycles. The van der Waals surface area contributed by atoms with Gasteiger partial charge in [0.05, 0.1) is 6.61 Å². The van der Waals surface area contributed by atoms with Gasteiger partial charge >= 0.3 is 27.7 Å². The van der Waals surface area contributed by atoms with Gasteiger partial charge in [-0.15, -0.1) is 0 Å². The number of ether oxygens (including phenoxy) is 1. The average Bonchev–Trinajstić information content (AvgIpc) is 2.40. The monoisotopic (exact) mass is 441 g/mol. The predicted octanol–water partition coefficient (Wildman–Crippen LogP) is 0.754. The first kappa shape index (κ1) is 37.7. The molecule has 0 aliphatic heterocycles. The van der Waals surface area contributed by atoms with Crippen LogP contribution in [0.2, 0.25) is 0 Å². The van der Waals surface area contributed by atoms with Crippen LogP contribution in [-0.4, -0.2) is 58.0 Å². The minimum absolute atomic E-state index is 0. The summed E-state index contributed by atoms with van der Waals surface area (Å²) in [4.78, 5) is 31.7. The Balaban J connectivity index is -0.000000111. The summed E-state index contributed by atoms with van der Waals surface area (Å²) >= 11 is 0. The van der Waals surface area contributed by atoms with Gasteiger partial charge in [-0.3, -0.25) is 4.79 Å². The number of rotatable bonds is 7. The van der Waals surface area contributed by atoms with Gasteiger partial charge in [0.25, 0.3) is 0 Å². The van der Waals surface area contributed by atoms with Crippen molar-refractivity contribution in [1.29, 1.82) is 0 Å². The van der Waals surface area contributed by atoms with Crippen LogP contribution in [0.3, 0.4) is 0 Å². The second-order valence-corrected chi connectivity index (χ2v) is 6.39. The molecule has 165 valence electrons. The Morgan fingerprint density at radius 3 is 1.50 bits per heavy atom. The van der Waals surface area contributed by atoms with Crippen LogP contribution >= 0.6 is 0 Å². The molecule has 0 spiro atoms. The molecule has 0 saturated carbocycles. The van der Waals surface area contributed by atoms with E-state index in [1.807, 2.05) is 0 Å². The molecular formula is C19H37O8Ti. The Labute approximate surface area is 183 Å². The van der Waals surface area contributed by atoms with Crippen molar-refractivity contribution in [3.05, 3.63) is 12.2 Å². The second-order valence-electron chi connectivity index (χ2n) is 6.39. The van der Waals surface area contributed by atoms with Crippen molar-refractivity contribution in [2.24, 2.45) is 0 Å². The van der Waals surface area contributed by atoms with E-state index in [1.54, 1.807) is 41.5 Å². The Morgan fingerprint density at radius 2 is 1.25 bits per heavy atom. The molecule has 0 atom stereocenters. The molecule has 0 unspecified atom stereocenters. The van der Waals surface area contributed by atoms with E-state index in [2.05, 4.69) is 6.58 Å². The van der Waals surface area contributed by atoms with E-state index in [1.165, 1.54) is 6.92 Å². The predicted molar refractivity (Wildman–Crippen MR) is 102 cm³/mol. The van der Waals surface area contributed by atoms with Crippen LogP contribution in [0.15, 0.2) is 12.2 Å². The van der Waals surface area contributed by atoms with Gasteiger partial charge in [-0.25, -0.2) is 4.79 Å². The number of hydrogen-bond donors (Lipinski definition) is 3. The van der Waals surface area contributed by atoms with Gasteiger partial charge in [0.15, 0.2) is 0 Å². The number of aliphatic hydroxyl groups excluding tert-OH is 3. The summed E-state index contributed by atoms with van der Waals surface area (Å²) < 4.78 is 4.71. The summed E-state index contributed by atoms with van der Waals surface area (Å²) in [5.74, 6) is -2.33. The maximum Gasteiger partial charge on any atom is 1.00 e. The number of carboxylic acids is 1. The molecule has 8 nitrogen and oxygen atoms in total. The molecule has 0 aliphatic rings. The summed E-state index contributed by atoms with van der Waals surface area (Å²) in [6, 6.07) is 0. The zero-order chi connectivity index (χ0) is 22.6. The molecule has 0 rings (SSSR count). The molecule has 1 radical (unpaired) electrons. The van der Waals surface area contributed by atoms with Crippen molar-refractivity contribution < 1.29 is 61.3 Å². The first-order chi connectivity index (χ1) is 12.1. The van der Waals surface area contributed by atoms with Gasteiger partial charge in [0.2, 0.25) is 0 Å². The molecule has 3 N–H and O–H groups in total. The number of aliphatic hydroxyl groups is 3. The van der Waals surface area contributed by atoms with Crippen molar-refractivity contribution in [2.45, 2.75) is 86.0 Å². The van der Waals surface area contributed by atoms with Crippen molar-refractivity contribution >= 4 is 17.7 Å². The van der Waals surface area contributed by atoms with E-state index in [9.17, 15) is 19.5 Å². The van der Waals surface area contributed by atoms with Crippen LogP contribution in [0.1, 0.15) is 67.7 Å². The number of Topliss-reactive ketones (excluding diaryl/α,β-unsaturated/α-hetero) is 1.